The summed E-state index contributed by atoms with van der Waals surface area (Å²) in [6.45, 7) is 0. The first-order valence-corrected chi connectivity index (χ1v) is 2.45. The molecule has 1 radical (unpaired) electrons. The Kier molecular flexibility index (Phi) is 5.37. The van der Waals surface area contributed by atoms with Crippen molar-refractivity contribution < 1.29 is 39.5 Å². The summed E-state index contributed by atoms with van der Waals surface area (Å²) in [4.78, 5) is 0. The Morgan fingerprint density at radius 3 is 1.07 bits per heavy atom. The zero-order chi connectivity index (χ0) is 11.1. The average Bonchev–Trinajstić information content (AvgIpc) is 1.84. The Bertz CT molecular complexity index is 182. The van der Waals surface area contributed by atoms with Gasteiger partial charge in [-0.2, -0.15) is 39.5 Å². The van der Waals surface area contributed by atoms with Gasteiger partial charge in [0.25, 0.3) is 0 Å². The van der Waals surface area contributed by atoms with Crippen LogP contribution in [0.25, 0.3) is 0 Å². The molecule has 0 amide bonds. The summed E-state index contributed by atoms with van der Waals surface area (Å²) in [5.41, 5.74) is 0. The van der Waals surface area contributed by atoms with Crippen molar-refractivity contribution >= 4 is 29.6 Å². The topological polar surface area (TPSA) is 0 Å². The van der Waals surface area contributed by atoms with Crippen LogP contribution in [0.3, 0.4) is 0 Å². The fourth-order valence-electron chi connectivity index (χ4n) is 0.297. The summed E-state index contributed by atoms with van der Waals surface area (Å²) in [6, 6.07) is 0. The fraction of sp³-hybridized carbons (Fsp3) is 0.750. The van der Waals surface area contributed by atoms with Crippen LogP contribution in [0.4, 0.5) is 39.5 Å². The van der Waals surface area contributed by atoms with Gasteiger partial charge in [-0.05, 0) is 0 Å². The Hall–Kier alpha value is 0.370. The van der Waals surface area contributed by atoms with E-state index in [2.05, 4.69) is 0 Å². The van der Waals surface area contributed by atoms with Gasteiger partial charge in [0, 0.05) is 0 Å². The summed E-state index contributed by atoms with van der Waals surface area (Å²) in [7, 11) is 0. The summed E-state index contributed by atoms with van der Waals surface area (Å²) in [5.74, 6) is -13.3. The molecule has 0 aromatic heterocycles. The van der Waals surface area contributed by atoms with Gasteiger partial charge in [0.2, 0.25) is 0 Å². The van der Waals surface area contributed by atoms with E-state index >= 15 is 0 Å². The molecule has 0 saturated carbocycles. The second kappa shape index (κ2) is 4.48. The molecule has 0 N–H and O–H groups in total. The van der Waals surface area contributed by atoms with Crippen molar-refractivity contribution in [2.24, 2.45) is 0 Å². The van der Waals surface area contributed by atoms with E-state index in [0.29, 0.717) is 0 Å². The standard InChI is InChI=1S/C4F9.Na.H/c5-1(6)2(7,8)3(9,10)4(11,12)13;;. The Morgan fingerprint density at radius 1 is 0.714 bits per heavy atom. The van der Waals surface area contributed by atoms with Crippen molar-refractivity contribution in [1.29, 1.82) is 0 Å². The Balaban J connectivity index is 0. The summed E-state index contributed by atoms with van der Waals surface area (Å²) < 4.78 is 102. The van der Waals surface area contributed by atoms with Gasteiger partial charge >= 0.3 is 54.0 Å². The van der Waals surface area contributed by atoms with E-state index in [9.17, 15) is 39.5 Å². The maximum atomic E-state index is 11.6. The SMILES string of the molecule is F[C](F)C(F)(F)C(F)(F)C(F)(F)F.[NaH]. The van der Waals surface area contributed by atoms with Crippen LogP contribution >= 0.6 is 0 Å². The van der Waals surface area contributed by atoms with E-state index in [1.54, 1.807) is 0 Å². The zero-order valence-electron chi connectivity index (χ0n) is 5.40. The summed E-state index contributed by atoms with van der Waals surface area (Å²) >= 11 is 0. The normalized spacial score (nSPS) is 14.1. The number of hydrogen-bond acceptors (Lipinski definition) is 0. The molecule has 14 heavy (non-hydrogen) atoms. The van der Waals surface area contributed by atoms with Gasteiger partial charge in [0.15, 0.2) is 0 Å². The van der Waals surface area contributed by atoms with Gasteiger partial charge in [-0.3, -0.25) is 0 Å². The molecule has 0 rings (SSSR count). The van der Waals surface area contributed by atoms with Crippen molar-refractivity contribution in [2.75, 3.05) is 0 Å². The van der Waals surface area contributed by atoms with Gasteiger partial charge in [-0.25, -0.2) is 0 Å². The number of hydrogen-bond donors (Lipinski definition) is 0. The predicted octanol–water partition coefficient (Wildman–Crippen LogP) is 2.60. The first-order chi connectivity index (χ1) is 5.44. The van der Waals surface area contributed by atoms with Crippen LogP contribution in [0, 0.1) is 6.43 Å². The average molecular weight is 243 g/mol. The van der Waals surface area contributed by atoms with Crippen LogP contribution in [0.1, 0.15) is 0 Å². The van der Waals surface area contributed by atoms with Crippen LogP contribution in [0.2, 0.25) is 0 Å². The minimum atomic E-state index is -6.77. The molecule has 0 aliphatic rings. The maximum absolute atomic E-state index is 11.6. The van der Waals surface area contributed by atoms with Crippen LogP contribution in [0.15, 0.2) is 0 Å². The molecule has 0 aliphatic heterocycles. The second-order valence-electron chi connectivity index (χ2n) is 1.91. The number of halogens is 9. The molecule has 0 fully saturated rings. The van der Waals surface area contributed by atoms with E-state index in [1.165, 1.54) is 0 Å². The molecule has 10 heteroatoms. The van der Waals surface area contributed by atoms with Crippen molar-refractivity contribution in [3.05, 3.63) is 6.43 Å². The molecule has 0 unspecified atom stereocenters. The van der Waals surface area contributed by atoms with Gasteiger partial charge in [0.1, 0.15) is 0 Å². The first kappa shape index (κ1) is 16.8. The molecule has 0 heterocycles. The molecular weight excluding hydrogens is 242 g/mol. The molecular formula is C4HF9Na. The van der Waals surface area contributed by atoms with Crippen LogP contribution in [0.5, 0.6) is 0 Å². The minimum absolute atomic E-state index is 0. The van der Waals surface area contributed by atoms with Gasteiger partial charge in [-0.1, -0.05) is 0 Å². The summed E-state index contributed by atoms with van der Waals surface area (Å²) in [6.07, 6.45) is -11.0. The molecule has 0 nitrogen and oxygen atoms in total. The molecule has 0 bridgehead atoms. The molecule has 0 atom stereocenters. The van der Waals surface area contributed by atoms with Crippen molar-refractivity contribution in [1.82, 2.24) is 0 Å². The first-order valence-electron chi connectivity index (χ1n) is 2.45. The molecule has 0 aromatic carbocycles. The Labute approximate surface area is 93.7 Å². The van der Waals surface area contributed by atoms with Crippen LogP contribution < -0.4 is 0 Å². The van der Waals surface area contributed by atoms with Gasteiger partial charge < -0.3 is 0 Å². The third-order valence-corrected chi connectivity index (χ3v) is 0.988. The van der Waals surface area contributed by atoms with E-state index < -0.39 is 24.4 Å². The van der Waals surface area contributed by atoms with Gasteiger partial charge in [-0.15, -0.1) is 0 Å². The Morgan fingerprint density at radius 2 is 1.00 bits per heavy atom. The third-order valence-electron chi connectivity index (χ3n) is 0.988. The van der Waals surface area contributed by atoms with Gasteiger partial charge in [0.05, 0.1) is 0 Å². The van der Waals surface area contributed by atoms with E-state index in [4.69, 9.17) is 0 Å². The third kappa shape index (κ3) is 2.69. The fourth-order valence-corrected chi connectivity index (χ4v) is 0.297. The molecule has 0 aromatic rings. The quantitative estimate of drug-likeness (QED) is 0.516. The molecule has 81 valence electrons. The van der Waals surface area contributed by atoms with Crippen LogP contribution in [-0.4, -0.2) is 47.6 Å². The number of rotatable bonds is 2. The summed E-state index contributed by atoms with van der Waals surface area (Å²) in [5, 5.41) is 0. The second-order valence-corrected chi connectivity index (χ2v) is 1.91. The molecule has 0 spiro atoms. The van der Waals surface area contributed by atoms with Crippen molar-refractivity contribution in [2.45, 2.75) is 18.0 Å². The van der Waals surface area contributed by atoms with E-state index in [-0.39, 0.29) is 29.6 Å². The predicted molar refractivity (Wildman–Crippen MR) is 28.6 cm³/mol. The van der Waals surface area contributed by atoms with Crippen molar-refractivity contribution in [3.63, 3.8) is 0 Å². The van der Waals surface area contributed by atoms with Crippen LogP contribution in [-0.2, 0) is 0 Å². The zero-order valence-corrected chi connectivity index (χ0v) is 5.40. The molecule has 0 aliphatic carbocycles. The molecule has 0 saturated heterocycles. The van der Waals surface area contributed by atoms with E-state index in [0.717, 1.165) is 0 Å². The van der Waals surface area contributed by atoms with Crippen molar-refractivity contribution in [3.8, 4) is 0 Å². The monoisotopic (exact) mass is 243 g/mol. The number of alkyl halides is 7. The van der Waals surface area contributed by atoms with E-state index in [1.807, 2.05) is 0 Å².